The summed E-state index contributed by atoms with van der Waals surface area (Å²) in [5.74, 6) is 1.66. The number of anilines is 1. The van der Waals surface area contributed by atoms with Crippen LogP contribution in [0.15, 0.2) is 57.9 Å². The van der Waals surface area contributed by atoms with E-state index in [1.807, 2.05) is 46.2 Å². The van der Waals surface area contributed by atoms with E-state index in [0.29, 0.717) is 59.9 Å². The highest BCUT2D eigenvalue weighted by molar-refractivity contribution is 7.98. The van der Waals surface area contributed by atoms with Gasteiger partial charge in [0.1, 0.15) is 0 Å². The maximum absolute atomic E-state index is 12.9. The van der Waals surface area contributed by atoms with Gasteiger partial charge in [0.15, 0.2) is 5.82 Å². The maximum Gasteiger partial charge on any atom is 0.253 e. The van der Waals surface area contributed by atoms with Crippen LogP contribution in [0.2, 0.25) is 5.02 Å². The molecule has 0 radical (unpaired) electrons. The lowest BCUT2D eigenvalue weighted by molar-refractivity contribution is -0.117. The van der Waals surface area contributed by atoms with Crippen molar-refractivity contribution in [1.29, 1.82) is 0 Å². The monoisotopic (exact) mass is 485 g/mol. The van der Waals surface area contributed by atoms with E-state index in [4.69, 9.17) is 16.1 Å². The molecular formula is C23H24ClN5O3S. The first-order chi connectivity index (χ1) is 16.0. The van der Waals surface area contributed by atoms with Crippen molar-refractivity contribution < 1.29 is 14.1 Å². The van der Waals surface area contributed by atoms with E-state index in [1.165, 1.54) is 0 Å². The summed E-state index contributed by atoms with van der Waals surface area (Å²) < 4.78 is 5.12. The molecule has 0 spiro atoms. The van der Waals surface area contributed by atoms with Crippen molar-refractivity contribution in [3.63, 3.8) is 0 Å². The number of para-hydroxylation sites is 1. The van der Waals surface area contributed by atoms with Gasteiger partial charge in [-0.05, 0) is 43.3 Å². The number of halogens is 1. The molecule has 0 aliphatic carbocycles. The van der Waals surface area contributed by atoms with Crippen molar-refractivity contribution in [2.75, 3.05) is 38.0 Å². The summed E-state index contributed by atoms with van der Waals surface area (Å²) in [6.07, 6.45) is 0. The normalized spacial score (nSPS) is 14.3. The van der Waals surface area contributed by atoms with Crippen LogP contribution >= 0.6 is 23.4 Å². The Kier molecular flexibility index (Phi) is 7.64. The van der Waals surface area contributed by atoms with Gasteiger partial charge in [-0.3, -0.25) is 14.5 Å². The number of nitrogens with one attached hydrogen (secondary N) is 1. The molecule has 1 aliphatic rings. The predicted octanol–water partition coefficient (Wildman–Crippen LogP) is 3.72. The summed E-state index contributed by atoms with van der Waals surface area (Å²) in [4.78, 5) is 34.3. The Morgan fingerprint density at radius 3 is 2.48 bits per heavy atom. The van der Waals surface area contributed by atoms with Gasteiger partial charge in [0.2, 0.25) is 11.8 Å². The molecule has 2 amide bonds. The highest BCUT2D eigenvalue weighted by Crippen LogP contribution is 2.23. The Hall–Kier alpha value is -2.88. The van der Waals surface area contributed by atoms with Gasteiger partial charge in [0.05, 0.1) is 23.0 Å². The minimum Gasteiger partial charge on any atom is -0.338 e. The molecule has 10 heteroatoms. The molecule has 1 aliphatic heterocycles. The molecule has 0 bridgehead atoms. The van der Waals surface area contributed by atoms with E-state index in [9.17, 15) is 9.59 Å². The number of hydrogen-bond donors (Lipinski definition) is 1. The highest BCUT2D eigenvalue weighted by Gasteiger charge is 2.23. The predicted molar refractivity (Wildman–Crippen MR) is 127 cm³/mol. The van der Waals surface area contributed by atoms with E-state index in [2.05, 4.69) is 15.5 Å². The molecule has 0 saturated carbocycles. The number of hydrogen-bond acceptors (Lipinski definition) is 7. The molecule has 1 N–H and O–H groups in total. The topological polar surface area (TPSA) is 91.6 Å². The second-order valence-corrected chi connectivity index (χ2v) is 9.10. The van der Waals surface area contributed by atoms with Crippen LogP contribution in [-0.4, -0.2) is 64.5 Å². The van der Waals surface area contributed by atoms with Crippen LogP contribution in [0.1, 0.15) is 22.1 Å². The lowest BCUT2D eigenvalue weighted by atomic mass is 10.2. The molecule has 3 aromatic rings. The maximum atomic E-state index is 12.9. The third-order valence-electron chi connectivity index (χ3n) is 5.21. The second kappa shape index (κ2) is 10.8. The average Bonchev–Trinajstić information content (AvgIpc) is 3.25. The molecular weight excluding hydrogens is 462 g/mol. The number of aryl methyl sites for hydroxylation is 1. The van der Waals surface area contributed by atoms with Gasteiger partial charge in [0, 0.05) is 36.6 Å². The van der Waals surface area contributed by atoms with Crippen LogP contribution in [0.5, 0.6) is 0 Å². The molecule has 1 aromatic heterocycles. The number of aromatic nitrogens is 2. The summed E-state index contributed by atoms with van der Waals surface area (Å²) in [5.41, 5.74) is 1.25. The number of thioether (sulfide) groups is 1. The summed E-state index contributed by atoms with van der Waals surface area (Å²) in [5, 5.41) is 7.13. The number of nitrogens with zero attached hydrogens (tertiary/aromatic N) is 4. The van der Waals surface area contributed by atoms with Gasteiger partial charge in [-0.1, -0.05) is 28.9 Å². The van der Waals surface area contributed by atoms with Gasteiger partial charge in [-0.15, -0.1) is 11.8 Å². The number of carbonyl (C=O) groups is 2. The van der Waals surface area contributed by atoms with Crippen LogP contribution in [-0.2, 0) is 10.5 Å². The van der Waals surface area contributed by atoms with Crippen molar-refractivity contribution in [3.8, 4) is 0 Å². The fraction of sp³-hybridized carbons (Fsp3) is 0.304. The minimum atomic E-state index is -0.119. The van der Waals surface area contributed by atoms with E-state index in [0.717, 1.165) is 4.90 Å². The van der Waals surface area contributed by atoms with Gasteiger partial charge in [-0.25, -0.2) is 0 Å². The number of carbonyl (C=O) groups excluding carboxylic acids is 2. The molecule has 1 saturated heterocycles. The number of benzene rings is 2. The standard InChI is InChI=1S/C23H24ClN5O3S/c1-16-25-22(32-27-16)15-33-18-8-6-17(7-9-18)23(31)29-12-10-28(11-13-29)14-21(30)26-20-5-3-2-4-19(20)24/h2-9H,10-15H2,1H3,(H,26,30). The van der Waals surface area contributed by atoms with Crippen LogP contribution in [0.4, 0.5) is 5.69 Å². The summed E-state index contributed by atoms with van der Waals surface area (Å²) in [6.45, 7) is 4.47. The largest absolute Gasteiger partial charge is 0.338 e. The van der Waals surface area contributed by atoms with Crippen LogP contribution in [0.3, 0.4) is 0 Å². The first-order valence-electron chi connectivity index (χ1n) is 10.6. The fourth-order valence-corrected chi connectivity index (χ4v) is 4.40. The third kappa shape index (κ3) is 6.34. The molecule has 4 rings (SSSR count). The zero-order chi connectivity index (χ0) is 23.2. The smallest absolute Gasteiger partial charge is 0.253 e. The molecule has 8 nitrogen and oxygen atoms in total. The number of amides is 2. The van der Waals surface area contributed by atoms with Gasteiger partial charge in [-0.2, -0.15) is 4.98 Å². The molecule has 0 unspecified atom stereocenters. The zero-order valence-corrected chi connectivity index (χ0v) is 19.7. The molecule has 1 fully saturated rings. The van der Waals surface area contributed by atoms with Crippen molar-refractivity contribution in [3.05, 3.63) is 70.8 Å². The lowest BCUT2D eigenvalue weighted by Gasteiger charge is -2.34. The fourth-order valence-electron chi connectivity index (χ4n) is 3.48. The van der Waals surface area contributed by atoms with E-state index >= 15 is 0 Å². The first-order valence-corrected chi connectivity index (χ1v) is 11.9. The minimum absolute atomic E-state index is 0.000699. The Morgan fingerprint density at radius 2 is 1.82 bits per heavy atom. The SMILES string of the molecule is Cc1noc(CSc2ccc(C(=O)N3CCN(CC(=O)Nc4ccccc4Cl)CC3)cc2)n1. The Bertz CT molecular complexity index is 1110. The van der Waals surface area contributed by atoms with Gasteiger partial charge in [0.25, 0.3) is 5.91 Å². The third-order valence-corrected chi connectivity index (χ3v) is 6.53. The molecule has 2 aromatic carbocycles. The summed E-state index contributed by atoms with van der Waals surface area (Å²) >= 11 is 7.67. The van der Waals surface area contributed by atoms with E-state index in [-0.39, 0.29) is 18.4 Å². The molecule has 2 heterocycles. The molecule has 0 atom stereocenters. The second-order valence-electron chi connectivity index (χ2n) is 7.64. The first kappa shape index (κ1) is 23.3. The van der Waals surface area contributed by atoms with Crippen molar-refractivity contribution in [2.45, 2.75) is 17.6 Å². The van der Waals surface area contributed by atoms with Gasteiger partial charge >= 0.3 is 0 Å². The lowest BCUT2D eigenvalue weighted by Crippen LogP contribution is -2.50. The molecule has 33 heavy (non-hydrogen) atoms. The molecule has 172 valence electrons. The Labute approximate surface area is 201 Å². The van der Waals surface area contributed by atoms with Crippen LogP contribution < -0.4 is 5.32 Å². The van der Waals surface area contributed by atoms with Crippen molar-refractivity contribution >= 4 is 40.9 Å². The average molecular weight is 486 g/mol. The zero-order valence-electron chi connectivity index (χ0n) is 18.2. The summed E-state index contributed by atoms with van der Waals surface area (Å²) in [7, 11) is 0. The van der Waals surface area contributed by atoms with Crippen molar-refractivity contribution in [1.82, 2.24) is 19.9 Å². The Morgan fingerprint density at radius 1 is 1.09 bits per heavy atom. The highest BCUT2D eigenvalue weighted by atomic mass is 35.5. The quantitative estimate of drug-likeness (QED) is 0.510. The Balaban J connectivity index is 1.23. The number of rotatable bonds is 7. The van der Waals surface area contributed by atoms with Crippen LogP contribution in [0.25, 0.3) is 0 Å². The van der Waals surface area contributed by atoms with E-state index in [1.54, 1.807) is 30.8 Å². The van der Waals surface area contributed by atoms with Gasteiger partial charge < -0.3 is 14.7 Å². The van der Waals surface area contributed by atoms with E-state index < -0.39 is 0 Å². The van der Waals surface area contributed by atoms with Crippen LogP contribution in [0, 0.1) is 6.92 Å². The van der Waals surface area contributed by atoms with Crippen molar-refractivity contribution in [2.24, 2.45) is 0 Å². The number of piperazine rings is 1. The summed E-state index contributed by atoms with van der Waals surface area (Å²) in [6, 6.07) is 14.7.